The standard InChI is InChI=1S/C15H25NO/c1-10(2)12-5-6-13-9-15(17)16(11(3)4)14(13)8-7-12/h10-12H,5-9H2,1-4H3. The van der Waals surface area contributed by atoms with Gasteiger partial charge in [-0.1, -0.05) is 13.8 Å². The van der Waals surface area contributed by atoms with Gasteiger partial charge in [0.05, 0.1) is 6.42 Å². The van der Waals surface area contributed by atoms with Gasteiger partial charge in [-0.15, -0.1) is 0 Å². The highest BCUT2D eigenvalue weighted by Crippen LogP contribution is 2.39. The molecule has 0 saturated heterocycles. The predicted octanol–water partition coefficient (Wildman–Crippen LogP) is 3.73. The zero-order valence-corrected chi connectivity index (χ0v) is 11.6. The van der Waals surface area contributed by atoms with Gasteiger partial charge in [0.25, 0.3) is 0 Å². The quantitative estimate of drug-likeness (QED) is 0.714. The number of rotatable bonds is 2. The van der Waals surface area contributed by atoms with E-state index in [0.29, 0.717) is 18.4 Å². The molecule has 2 rings (SSSR count). The average molecular weight is 235 g/mol. The number of hydrogen-bond acceptors (Lipinski definition) is 1. The molecule has 0 aromatic heterocycles. The predicted molar refractivity (Wildman–Crippen MR) is 70.4 cm³/mol. The Hall–Kier alpha value is -0.790. The molecule has 1 aliphatic heterocycles. The first-order chi connectivity index (χ1) is 8.00. The van der Waals surface area contributed by atoms with Crippen LogP contribution in [0.3, 0.4) is 0 Å². The van der Waals surface area contributed by atoms with Crippen LogP contribution in [0.4, 0.5) is 0 Å². The molecule has 1 aliphatic carbocycles. The third-order valence-electron chi connectivity index (χ3n) is 4.36. The molecule has 0 bridgehead atoms. The average Bonchev–Trinajstić information content (AvgIpc) is 2.42. The Kier molecular flexibility index (Phi) is 3.60. The first kappa shape index (κ1) is 12.7. The van der Waals surface area contributed by atoms with Crippen LogP contribution >= 0.6 is 0 Å². The lowest BCUT2D eigenvalue weighted by Crippen LogP contribution is -2.32. The maximum Gasteiger partial charge on any atom is 0.231 e. The summed E-state index contributed by atoms with van der Waals surface area (Å²) in [5.41, 5.74) is 2.81. The van der Waals surface area contributed by atoms with Crippen LogP contribution in [-0.4, -0.2) is 16.8 Å². The third kappa shape index (κ3) is 2.41. The van der Waals surface area contributed by atoms with Crippen LogP contribution in [0, 0.1) is 11.8 Å². The van der Waals surface area contributed by atoms with Crippen molar-refractivity contribution in [2.75, 3.05) is 0 Å². The Balaban J connectivity index is 2.13. The van der Waals surface area contributed by atoms with Gasteiger partial charge in [0.1, 0.15) is 0 Å². The molecular weight excluding hydrogens is 210 g/mol. The van der Waals surface area contributed by atoms with Gasteiger partial charge in [0.15, 0.2) is 0 Å². The molecule has 2 aliphatic rings. The summed E-state index contributed by atoms with van der Waals surface area (Å²) in [5.74, 6) is 1.94. The molecule has 0 radical (unpaired) electrons. The van der Waals surface area contributed by atoms with Crippen molar-refractivity contribution in [3.63, 3.8) is 0 Å². The third-order valence-corrected chi connectivity index (χ3v) is 4.36. The lowest BCUT2D eigenvalue weighted by atomic mass is 9.88. The van der Waals surface area contributed by atoms with Crippen LogP contribution in [0.15, 0.2) is 11.3 Å². The topological polar surface area (TPSA) is 20.3 Å². The summed E-state index contributed by atoms with van der Waals surface area (Å²) >= 11 is 0. The molecule has 0 aromatic rings. The van der Waals surface area contributed by atoms with Gasteiger partial charge in [0, 0.05) is 11.7 Å². The van der Waals surface area contributed by atoms with E-state index < -0.39 is 0 Å². The summed E-state index contributed by atoms with van der Waals surface area (Å²) < 4.78 is 0. The highest BCUT2D eigenvalue weighted by Gasteiger charge is 2.33. The molecule has 1 amide bonds. The van der Waals surface area contributed by atoms with E-state index in [4.69, 9.17) is 0 Å². The lowest BCUT2D eigenvalue weighted by Gasteiger charge is -2.26. The molecule has 0 N–H and O–H groups in total. The van der Waals surface area contributed by atoms with Gasteiger partial charge in [-0.05, 0) is 56.9 Å². The number of amides is 1. The zero-order chi connectivity index (χ0) is 12.6. The summed E-state index contributed by atoms with van der Waals surface area (Å²) in [4.78, 5) is 14.0. The number of nitrogens with zero attached hydrogens (tertiary/aromatic N) is 1. The van der Waals surface area contributed by atoms with Crippen LogP contribution in [0.2, 0.25) is 0 Å². The van der Waals surface area contributed by atoms with Crippen molar-refractivity contribution in [2.45, 2.75) is 65.8 Å². The van der Waals surface area contributed by atoms with Crippen molar-refractivity contribution in [3.8, 4) is 0 Å². The fraction of sp³-hybridized carbons (Fsp3) is 0.800. The minimum Gasteiger partial charge on any atom is -0.313 e. The normalized spacial score (nSPS) is 25.9. The number of carbonyl (C=O) groups is 1. The highest BCUT2D eigenvalue weighted by atomic mass is 16.2. The van der Waals surface area contributed by atoms with Gasteiger partial charge >= 0.3 is 0 Å². The van der Waals surface area contributed by atoms with E-state index in [9.17, 15) is 4.79 Å². The SMILES string of the molecule is CC(C)C1CCC2=C(CC1)N(C(C)C)C(=O)C2. The largest absolute Gasteiger partial charge is 0.313 e. The van der Waals surface area contributed by atoms with E-state index in [1.807, 2.05) is 0 Å². The summed E-state index contributed by atoms with van der Waals surface area (Å²) in [6.07, 6.45) is 5.48. The molecule has 1 unspecified atom stereocenters. The zero-order valence-electron chi connectivity index (χ0n) is 11.6. The molecule has 1 atom stereocenters. The van der Waals surface area contributed by atoms with E-state index in [1.54, 1.807) is 0 Å². The van der Waals surface area contributed by atoms with E-state index in [0.717, 1.165) is 24.7 Å². The smallest absolute Gasteiger partial charge is 0.231 e. The van der Waals surface area contributed by atoms with Crippen molar-refractivity contribution >= 4 is 5.91 Å². The number of allylic oxidation sites excluding steroid dienone is 1. The summed E-state index contributed by atoms with van der Waals surface area (Å²) in [5, 5.41) is 0. The van der Waals surface area contributed by atoms with E-state index >= 15 is 0 Å². The van der Waals surface area contributed by atoms with Crippen molar-refractivity contribution in [1.82, 2.24) is 4.90 Å². The summed E-state index contributed by atoms with van der Waals surface area (Å²) in [6, 6.07) is 0.325. The maximum atomic E-state index is 12.0. The second-order valence-corrected chi connectivity index (χ2v) is 6.17. The maximum absolute atomic E-state index is 12.0. The fourth-order valence-corrected chi connectivity index (χ4v) is 3.31. The lowest BCUT2D eigenvalue weighted by molar-refractivity contribution is -0.128. The minimum absolute atomic E-state index is 0.325. The van der Waals surface area contributed by atoms with Crippen LogP contribution in [0.25, 0.3) is 0 Å². The molecule has 0 fully saturated rings. The van der Waals surface area contributed by atoms with E-state index in [1.165, 1.54) is 24.1 Å². The Morgan fingerprint density at radius 2 is 1.76 bits per heavy atom. The fourth-order valence-electron chi connectivity index (χ4n) is 3.31. The van der Waals surface area contributed by atoms with Crippen LogP contribution < -0.4 is 0 Å². The van der Waals surface area contributed by atoms with Crippen LogP contribution in [-0.2, 0) is 4.79 Å². The van der Waals surface area contributed by atoms with E-state index in [2.05, 4.69) is 32.6 Å². The molecule has 96 valence electrons. The molecule has 1 heterocycles. The second-order valence-electron chi connectivity index (χ2n) is 6.17. The number of hydrogen-bond donors (Lipinski definition) is 0. The monoisotopic (exact) mass is 235 g/mol. The Labute approximate surface area is 105 Å². The van der Waals surface area contributed by atoms with Gasteiger partial charge in [-0.2, -0.15) is 0 Å². The van der Waals surface area contributed by atoms with Gasteiger partial charge < -0.3 is 4.90 Å². The Bertz CT molecular complexity index is 341. The van der Waals surface area contributed by atoms with Gasteiger partial charge in [-0.3, -0.25) is 4.79 Å². The molecular formula is C15H25NO. The first-order valence-electron chi connectivity index (χ1n) is 7.03. The van der Waals surface area contributed by atoms with Gasteiger partial charge in [0.2, 0.25) is 5.91 Å². The molecule has 2 nitrogen and oxygen atoms in total. The molecule has 17 heavy (non-hydrogen) atoms. The van der Waals surface area contributed by atoms with Crippen molar-refractivity contribution in [2.24, 2.45) is 11.8 Å². The molecule has 0 saturated carbocycles. The van der Waals surface area contributed by atoms with Crippen molar-refractivity contribution in [1.29, 1.82) is 0 Å². The van der Waals surface area contributed by atoms with Crippen molar-refractivity contribution in [3.05, 3.63) is 11.3 Å². The highest BCUT2D eigenvalue weighted by molar-refractivity contribution is 5.84. The minimum atomic E-state index is 0.325. The van der Waals surface area contributed by atoms with Crippen molar-refractivity contribution < 1.29 is 4.79 Å². The van der Waals surface area contributed by atoms with Gasteiger partial charge in [-0.25, -0.2) is 0 Å². The Morgan fingerprint density at radius 1 is 1.12 bits per heavy atom. The first-order valence-corrected chi connectivity index (χ1v) is 7.03. The summed E-state index contributed by atoms with van der Waals surface area (Å²) in [6.45, 7) is 8.90. The molecule has 2 heteroatoms. The molecule has 0 aromatic carbocycles. The van der Waals surface area contributed by atoms with Crippen LogP contribution in [0.1, 0.15) is 59.8 Å². The van der Waals surface area contributed by atoms with Crippen LogP contribution in [0.5, 0.6) is 0 Å². The second kappa shape index (κ2) is 4.83. The van der Waals surface area contributed by atoms with E-state index in [-0.39, 0.29) is 0 Å². The summed E-state index contributed by atoms with van der Waals surface area (Å²) in [7, 11) is 0. The number of carbonyl (C=O) groups excluding carboxylic acids is 1. The Morgan fingerprint density at radius 3 is 2.35 bits per heavy atom. The molecule has 0 spiro atoms.